The molecule has 0 atom stereocenters. The Morgan fingerprint density at radius 1 is 0.806 bits per heavy atom. The number of rotatable bonds is 6. The molecule has 1 saturated heterocycles. The molecule has 1 N–H and O–H groups in total. The number of anilines is 2. The summed E-state index contributed by atoms with van der Waals surface area (Å²) in [4.78, 5) is 32.0. The van der Waals surface area contributed by atoms with Gasteiger partial charge in [0.05, 0.1) is 5.57 Å². The van der Waals surface area contributed by atoms with Gasteiger partial charge < -0.3 is 15.1 Å². The Kier molecular flexibility index (Phi) is 6.09. The highest BCUT2D eigenvalue weighted by atomic mass is 16.2. The fraction of sp³-hybridized carbons (Fsp3) is 0.360. The number of nitrogens with zero attached hydrogens (tertiary/aromatic N) is 3. The average molecular weight is 419 g/mol. The highest BCUT2D eigenvalue weighted by Gasteiger charge is 2.38. The van der Waals surface area contributed by atoms with E-state index in [0.29, 0.717) is 17.8 Å². The Balaban J connectivity index is 1.57. The van der Waals surface area contributed by atoms with Crippen molar-refractivity contribution in [1.29, 1.82) is 0 Å². The predicted octanol–water partition coefficient (Wildman–Crippen LogP) is 3.35. The van der Waals surface area contributed by atoms with Gasteiger partial charge in [-0.3, -0.25) is 14.5 Å². The molecule has 1 fully saturated rings. The summed E-state index contributed by atoms with van der Waals surface area (Å²) in [6.45, 7) is 11.6. The zero-order chi connectivity index (χ0) is 22.0. The molecule has 162 valence electrons. The highest BCUT2D eigenvalue weighted by Crippen LogP contribution is 2.31. The molecule has 2 aliphatic rings. The van der Waals surface area contributed by atoms with Crippen LogP contribution in [0.3, 0.4) is 0 Å². The lowest BCUT2D eigenvalue weighted by Gasteiger charge is -2.35. The summed E-state index contributed by atoms with van der Waals surface area (Å²) in [6, 6.07) is 15.8. The summed E-state index contributed by atoms with van der Waals surface area (Å²) in [7, 11) is 0. The van der Waals surface area contributed by atoms with E-state index in [4.69, 9.17) is 0 Å². The lowest BCUT2D eigenvalue weighted by atomic mass is 10.0. The molecule has 0 saturated carbocycles. The number of hydrogen-bond acceptors (Lipinski definition) is 5. The summed E-state index contributed by atoms with van der Waals surface area (Å²) < 4.78 is 0. The molecule has 2 aliphatic heterocycles. The van der Waals surface area contributed by atoms with E-state index in [1.807, 2.05) is 50.2 Å². The van der Waals surface area contributed by atoms with Crippen LogP contribution in [0.2, 0.25) is 0 Å². The first-order chi connectivity index (χ1) is 15.0. The van der Waals surface area contributed by atoms with E-state index in [0.717, 1.165) is 49.5 Å². The maximum atomic E-state index is 12.9. The molecule has 0 aliphatic carbocycles. The number of piperazine rings is 1. The second-order valence-electron chi connectivity index (χ2n) is 8.06. The minimum absolute atomic E-state index is 0.246. The van der Waals surface area contributed by atoms with Crippen LogP contribution < -0.4 is 10.2 Å². The van der Waals surface area contributed by atoms with Crippen molar-refractivity contribution in [3.05, 3.63) is 65.4 Å². The predicted molar refractivity (Wildman–Crippen MR) is 125 cm³/mol. The first-order valence-electron chi connectivity index (χ1n) is 11.0. The number of likely N-dealkylation sites (N-methyl/N-ethyl adjacent to an activating group) is 2. The molecule has 0 unspecified atom stereocenters. The third kappa shape index (κ3) is 4.21. The van der Waals surface area contributed by atoms with E-state index < -0.39 is 0 Å². The molecule has 0 aromatic heterocycles. The maximum Gasteiger partial charge on any atom is 0.278 e. The van der Waals surface area contributed by atoms with Crippen molar-refractivity contribution in [1.82, 2.24) is 9.80 Å². The minimum atomic E-state index is -0.275. The Hall–Kier alpha value is -3.12. The minimum Gasteiger partial charge on any atom is -0.369 e. The van der Waals surface area contributed by atoms with Crippen LogP contribution in [0.5, 0.6) is 0 Å². The van der Waals surface area contributed by atoms with E-state index >= 15 is 0 Å². The maximum absolute atomic E-state index is 12.9. The van der Waals surface area contributed by atoms with Crippen molar-refractivity contribution in [2.75, 3.05) is 49.5 Å². The molecule has 0 bridgehead atoms. The second kappa shape index (κ2) is 8.94. The SMILES string of the molecule is CCN1CCN(c2ccc(NC3=C(c4ccc(C)cc4)C(=O)N(CC)C3=O)cc2)CC1. The molecule has 2 aromatic carbocycles. The molecule has 31 heavy (non-hydrogen) atoms. The standard InChI is InChI=1S/C25H30N4O2/c1-4-27-14-16-28(17-15-27)21-12-10-20(11-13-21)26-23-22(19-8-6-18(3)7-9-19)24(30)29(5-2)25(23)31/h6-13,26H,4-5,14-17H2,1-3H3. The molecular weight excluding hydrogens is 388 g/mol. The second-order valence-corrected chi connectivity index (χ2v) is 8.06. The number of hydrogen-bond donors (Lipinski definition) is 1. The summed E-state index contributed by atoms with van der Waals surface area (Å²) in [5.74, 6) is -0.521. The fourth-order valence-electron chi connectivity index (χ4n) is 4.19. The molecule has 2 heterocycles. The van der Waals surface area contributed by atoms with Crippen molar-refractivity contribution in [2.24, 2.45) is 0 Å². The van der Waals surface area contributed by atoms with Gasteiger partial charge in [-0.25, -0.2) is 0 Å². The number of carbonyl (C=O) groups is 2. The van der Waals surface area contributed by atoms with Gasteiger partial charge in [-0.15, -0.1) is 0 Å². The van der Waals surface area contributed by atoms with Crippen LogP contribution >= 0.6 is 0 Å². The van der Waals surface area contributed by atoms with Crippen molar-refractivity contribution in [3.8, 4) is 0 Å². The van der Waals surface area contributed by atoms with Gasteiger partial charge in [-0.05, 0) is 50.2 Å². The quantitative estimate of drug-likeness (QED) is 0.729. The van der Waals surface area contributed by atoms with E-state index in [-0.39, 0.29) is 11.8 Å². The smallest absolute Gasteiger partial charge is 0.278 e. The van der Waals surface area contributed by atoms with Crippen molar-refractivity contribution >= 4 is 28.8 Å². The lowest BCUT2D eigenvalue weighted by molar-refractivity contribution is -0.136. The molecule has 2 amide bonds. The molecule has 0 radical (unpaired) electrons. The van der Waals surface area contributed by atoms with Crippen LogP contribution in [-0.4, -0.2) is 60.9 Å². The molecule has 2 aromatic rings. The number of benzene rings is 2. The molecule has 0 spiro atoms. The van der Waals surface area contributed by atoms with Crippen LogP contribution in [0.15, 0.2) is 54.2 Å². The number of imide groups is 1. The number of aryl methyl sites for hydroxylation is 1. The Labute approximate surface area is 184 Å². The zero-order valence-electron chi connectivity index (χ0n) is 18.5. The van der Waals surface area contributed by atoms with Crippen molar-refractivity contribution < 1.29 is 9.59 Å². The van der Waals surface area contributed by atoms with Gasteiger partial charge in [-0.1, -0.05) is 36.8 Å². The summed E-state index contributed by atoms with van der Waals surface area (Å²) in [5.41, 5.74) is 4.63. The summed E-state index contributed by atoms with van der Waals surface area (Å²) in [6.07, 6.45) is 0. The van der Waals surface area contributed by atoms with Crippen molar-refractivity contribution in [3.63, 3.8) is 0 Å². The number of amides is 2. The fourth-order valence-corrected chi connectivity index (χ4v) is 4.19. The number of nitrogens with one attached hydrogen (secondary N) is 1. The monoisotopic (exact) mass is 418 g/mol. The summed E-state index contributed by atoms with van der Waals surface area (Å²) >= 11 is 0. The Morgan fingerprint density at radius 3 is 2.03 bits per heavy atom. The van der Waals surface area contributed by atoms with Crippen molar-refractivity contribution in [2.45, 2.75) is 20.8 Å². The van der Waals surface area contributed by atoms with E-state index in [9.17, 15) is 9.59 Å². The van der Waals surface area contributed by atoms with Crippen LogP contribution in [0.1, 0.15) is 25.0 Å². The Bertz CT molecular complexity index is 987. The van der Waals surface area contributed by atoms with Gasteiger partial charge in [0.25, 0.3) is 11.8 Å². The van der Waals surface area contributed by atoms with E-state index in [1.54, 1.807) is 0 Å². The van der Waals surface area contributed by atoms with Gasteiger partial charge in [0, 0.05) is 44.1 Å². The van der Waals surface area contributed by atoms with Crippen LogP contribution in [0.4, 0.5) is 11.4 Å². The number of carbonyl (C=O) groups excluding carboxylic acids is 2. The molecule has 4 rings (SSSR count). The van der Waals surface area contributed by atoms with Gasteiger partial charge >= 0.3 is 0 Å². The molecule has 6 heteroatoms. The lowest BCUT2D eigenvalue weighted by Crippen LogP contribution is -2.46. The first-order valence-corrected chi connectivity index (χ1v) is 11.0. The van der Waals surface area contributed by atoms with Crippen LogP contribution in [0, 0.1) is 6.92 Å². The van der Waals surface area contributed by atoms with E-state index in [1.165, 1.54) is 10.6 Å². The molecule has 6 nitrogen and oxygen atoms in total. The van der Waals surface area contributed by atoms with Gasteiger partial charge in [-0.2, -0.15) is 0 Å². The van der Waals surface area contributed by atoms with Crippen LogP contribution in [0.25, 0.3) is 5.57 Å². The molecular formula is C25H30N4O2. The van der Waals surface area contributed by atoms with Gasteiger partial charge in [0.15, 0.2) is 0 Å². The zero-order valence-corrected chi connectivity index (χ0v) is 18.5. The third-order valence-corrected chi connectivity index (χ3v) is 6.15. The highest BCUT2D eigenvalue weighted by molar-refractivity contribution is 6.36. The summed E-state index contributed by atoms with van der Waals surface area (Å²) in [5, 5.41) is 3.24. The Morgan fingerprint density at radius 2 is 1.45 bits per heavy atom. The normalized spacial score (nSPS) is 17.6. The largest absolute Gasteiger partial charge is 0.369 e. The topological polar surface area (TPSA) is 55.9 Å². The third-order valence-electron chi connectivity index (χ3n) is 6.15. The van der Waals surface area contributed by atoms with E-state index in [2.05, 4.69) is 34.2 Å². The average Bonchev–Trinajstić information content (AvgIpc) is 3.03. The van der Waals surface area contributed by atoms with Gasteiger partial charge in [0.1, 0.15) is 5.70 Å². The van der Waals surface area contributed by atoms with Gasteiger partial charge in [0.2, 0.25) is 0 Å². The van der Waals surface area contributed by atoms with Crippen LogP contribution in [-0.2, 0) is 9.59 Å². The first kappa shape index (κ1) is 21.1.